The van der Waals surface area contributed by atoms with Crippen LogP contribution in [0.15, 0.2) is 164 Å². The van der Waals surface area contributed by atoms with Gasteiger partial charge in [0.2, 0.25) is 0 Å². The highest BCUT2D eigenvalue weighted by Gasteiger charge is 2.14. The molecule has 0 spiro atoms. The molecule has 0 saturated heterocycles. The van der Waals surface area contributed by atoms with E-state index in [4.69, 9.17) is 0 Å². The Kier molecular flexibility index (Phi) is 7.28. The fourth-order valence-corrected chi connectivity index (χ4v) is 6.45. The average Bonchev–Trinajstić information content (AvgIpc) is 3.10. The van der Waals surface area contributed by atoms with Crippen LogP contribution in [0.4, 0.5) is 11.4 Å². The normalized spacial score (nSPS) is 11.8. The number of nitrogens with one attached hydrogen (secondary N) is 1. The number of benzene rings is 7. The van der Waals surface area contributed by atoms with E-state index in [9.17, 15) is 0 Å². The van der Waals surface area contributed by atoms with Gasteiger partial charge in [0, 0.05) is 11.4 Å². The number of aryl methyl sites for hydroxylation is 3. The van der Waals surface area contributed by atoms with Gasteiger partial charge >= 0.3 is 0 Å². The summed E-state index contributed by atoms with van der Waals surface area (Å²) in [5, 5.41) is 3.63. The van der Waals surface area contributed by atoms with Gasteiger partial charge in [-0.2, -0.15) is 0 Å². The molecule has 8 rings (SSSR count). The zero-order valence-electron chi connectivity index (χ0n) is 26.0. The molecule has 46 heavy (non-hydrogen) atoms. The Hall–Kier alpha value is -5.66. The Labute approximate surface area is 271 Å². The second-order valence-electron chi connectivity index (χ2n) is 12.4. The van der Waals surface area contributed by atoms with Crippen LogP contribution in [0.5, 0.6) is 0 Å². The molecular weight excluding hydrogens is 555 g/mol. The first-order valence-corrected chi connectivity index (χ1v) is 16.1. The lowest BCUT2D eigenvalue weighted by molar-refractivity contribution is 0.840. The van der Waals surface area contributed by atoms with Gasteiger partial charge < -0.3 is 5.32 Å². The van der Waals surface area contributed by atoms with Gasteiger partial charge in [-0.1, -0.05) is 121 Å². The Balaban J connectivity index is 1.11. The van der Waals surface area contributed by atoms with E-state index in [2.05, 4.69) is 176 Å². The summed E-state index contributed by atoms with van der Waals surface area (Å²) in [5.74, 6) is 0. The zero-order valence-corrected chi connectivity index (χ0v) is 26.0. The lowest BCUT2D eigenvalue weighted by Gasteiger charge is -2.19. The molecule has 1 heteroatoms. The predicted octanol–water partition coefficient (Wildman–Crippen LogP) is 12.2. The minimum atomic E-state index is 1.07. The summed E-state index contributed by atoms with van der Waals surface area (Å²) in [6.45, 7) is 2.14. The van der Waals surface area contributed by atoms with Crippen molar-refractivity contribution >= 4 is 11.4 Å². The van der Waals surface area contributed by atoms with Gasteiger partial charge in [0.1, 0.15) is 0 Å². The molecule has 0 amide bonds. The van der Waals surface area contributed by atoms with Crippen molar-refractivity contribution in [2.45, 2.75) is 19.8 Å². The Bertz CT molecular complexity index is 2160. The van der Waals surface area contributed by atoms with E-state index in [1.54, 1.807) is 0 Å². The van der Waals surface area contributed by atoms with E-state index in [-0.39, 0.29) is 0 Å². The largest absolute Gasteiger partial charge is 0.356 e. The maximum atomic E-state index is 3.63. The maximum absolute atomic E-state index is 3.63. The van der Waals surface area contributed by atoms with E-state index in [0.717, 1.165) is 11.4 Å². The second-order valence-corrected chi connectivity index (χ2v) is 12.4. The molecule has 0 bridgehead atoms. The third kappa shape index (κ3) is 5.76. The summed E-state index contributed by atoms with van der Waals surface area (Å²) in [7, 11) is 0. The fraction of sp³-hybridized carbons (Fsp3) is 0.0667. The highest BCUT2D eigenvalue weighted by atomic mass is 14.9. The monoisotopic (exact) mass is 589 g/mol. The molecule has 1 aliphatic carbocycles. The lowest BCUT2D eigenvalue weighted by atomic mass is 9.86. The first-order valence-electron chi connectivity index (χ1n) is 16.1. The molecule has 0 radical (unpaired) electrons. The highest BCUT2D eigenvalue weighted by molar-refractivity contribution is 5.83. The molecule has 1 N–H and O–H groups in total. The SMILES string of the molecule is Cc1ccc(-c2cc(-c3ccc(Nc4cccc(-c5ccc6c(c5)CC6)c4)cc3)cc(-c3cccc(-c4ccccc4)c3)c2)cc1. The fourth-order valence-electron chi connectivity index (χ4n) is 6.45. The second kappa shape index (κ2) is 12.0. The van der Waals surface area contributed by atoms with Crippen molar-refractivity contribution in [2.75, 3.05) is 5.32 Å². The molecular formula is C45H35N. The summed E-state index contributed by atoms with van der Waals surface area (Å²) in [6, 6.07) is 59.7. The molecule has 0 aromatic heterocycles. The smallest absolute Gasteiger partial charge is 0.0390 e. The van der Waals surface area contributed by atoms with E-state index < -0.39 is 0 Å². The molecule has 220 valence electrons. The average molecular weight is 590 g/mol. The standard InChI is InChI=1S/C45H35N/c1-31-13-15-34(16-14-31)41-27-42(29-43(28-41)37-10-5-9-36(25-37)32-7-3-2-4-8-32)35-21-23-44(24-22-35)46-45-12-6-11-38(30-45)40-20-18-33-17-19-39(33)26-40/h2-16,18,20-30,46H,17,19H2,1H3. The van der Waals surface area contributed by atoms with E-state index in [0.29, 0.717) is 0 Å². The Morgan fingerprint density at radius 2 is 0.804 bits per heavy atom. The number of hydrogen-bond acceptors (Lipinski definition) is 1. The van der Waals surface area contributed by atoms with Gasteiger partial charge in [0.15, 0.2) is 0 Å². The molecule has 7 aromatic rings. The number of anilines is 2. The van der Waals surface area contributed by atoms with Gasteiger partial charge in [-0.05, 0) is 135 Å². The van der Waals surface area contributed by atoms with Crippen LogP contribution in [0.1, 0.15) is 16.7 Å². The predicted molar refractivity (Wildman–Crippen MR) is 195 cm³/mol. The van der Waals surface area contributed by atoms with Crippen LogP contribution < -0.4 is 5.32 Å². The van der Waals surface area contributed by atoms with Crippen molar-refractivity contribution in [2.24, 2.45) is 0 Å². The third-order valence-corrected chi connectivity index (χ3v) is 9.19. The van der Waals surface area contributed by atoms with Crippen LogP contribution in [-0.2, 0) is 12.8 Å². The van der Waals surface area contributed by atoms with Crippen LogP contribution in [0, 0.1) is 6.92 Å². The topological polar surface area (TPSA) is 12.0 Å². The van der Waals surface area contributed by atoms with Crippen molar-refractivity contribution in [3.8, 4) is 55.6 Å². The first kappa shape index (κ1) is 27.9. The molecule has 7 aromatic carbocycles. The van der Waals surface area contributed by atoms with Crippen LogP contribution >= 0.6 is 0 Å². The summed E-state index contributed by atoms with van der Waals surface area (Å²) in [6.07, 6.45) is 2.41. The zero-order chi connectivity index (χ0) is 30.9. The summed E-state index contributed by atoms with van der Waals surface area (Å²) in [4.78, 5) is 0. The number of hydrogen-bond donors (Lipinski definition) is 1. The Morgan fingerprint density at radius 3 is 1.46 bits per heavy atom. The molecule has 0 atom stereocenters. The molecule has 0 heterocycles. The molecule has 1 aliphatic rings. The van der Waals surface area contributed by atoms with E-state index >= 15 is 0 Å². The van der Waals surface area contributed by atoms with Crippen molar-refractivity contribution < 1.29 is 0 Å². The maximum Gasteiger partial charge on any atom is 0.0390 e. The van der Waals surface area contributed by atoms with Gasteiger partial charge in [-0.25, -0.2) is 0 Å². The van der Waals surface area contributed by atoms with Crippen molar-refractivity contribution in [1.82, 2.24) is 0 Å². The molecule has 1 nitrogen and oxygen atoms in total. The summed E-state index contributed by atoms with van der Waals surface area (Å²) < 4.78 is 0. The minimum Gasteiger partial charge on any atom is -0.356 e. The Morgan fingerprint density at radius 1 is 0.326 bits per heavy atom. The summed E-state index contributed by atoms with van der Waals surface area (Å²) >= 11 is 0. The van der Waals surface area contributed by atoms with E-state index in [1.165, 1.54) is 85.2 Å². The molecule has 0 saturated carbocycles. The molecule has 0 fully saturated rings. The van der Waals surface area contributed by atoms with Crippen LogP contribution in [0.2, 0.25) is 0 Å². The third-order valence-electron chi connectivity index (χ3n) is 9.19. The van der Waals surface area contributed by atoms with Crippen molar-refractivity contribution in [1.29, 1.82) is 0 Å². The quantitative estimate of drug-likeness (QED) is 0.195. The van der Waals surface area contributed by atoms with Crippen molar-refractivity contribution in [3.05, 3.63) is 180 Å². The van der Waals surface area contributed by atoms with Gasteiger partial charge in [0.25, 0.3) is 0 Å². The first-order chi connectivity index (χ1) is 22.6. The van der Waals surface area contributed by atoms with Gasteiger partial charge in [0.05, 0.1) is 0 Å². The lowest BCUT2D eigenvalue weighted by Crippen LogP contribution is -2.07. The van der Waals surface area contributed by atoms with E-state index in [1.807, 2.05) is 0 Å². The van der Waals surface area contributed by atoms with Crippen molar-refractivity contribution in [3.63, 3.8) is 0 Å². The minimum absolute atomic E-state index is 1.07. The van der Waals surface area contributed by atoms with Gasteiger partial charge in [-0.3, -0.25) is 0 Å². The molecule has 0 unspecified atom stereocenters. The molecule has 0 aliphatic heterocycles. The van der Waals surface area contributed by atoms with Crippen LogP contribution in [-0.4, -0.2) is 0 Å². The van der Waals surface area contributed by atoms with Crippen LogP contribution in [0.3, 0.4) is 0 Å². The van der Waals surface area contributed by atoms with Crippen LogP contribution in [0.25, 0.3) is 55.6 Å². The highest BCUT2D eigenvalue weighted by Crippen LogP contribution is 2.36. The number of fused-ring (bicyclic) bond motifs is 1. The van der Waals surface area contributed by atoms with Gasteiger partial charge in [-0.15, -0.1) is 0 Å². The summed E-state index contributed by atoms with van der Waals surface area (Å²) in [5.41, 5.74) is 18.6. The number of rotatable bonds is 7.